The molecule has 0 atom stereocenters. The summed E-state index contributed by atoms with van der Waals surface area (Å²) in [7, 11) is 0. The van der Waals surface area contributed by atoms with Crippen molar-refractivity contribution in [3.05, 3.63) is 88.2 Å². The maximum atomic E-state index is 12.3. The highest BCUT2D eigenvalue weighted by atomic mass is 35.5. The SMILES string of the molecule is Cc1nn(Cc2cccc(Cl)c2)c(C)c1NC(=O)C=Cc1ccccc1. The summed E-state index contributed by atoms with van der Waals surface area (Å²) in [5.74, 6) is -0.178. The number of carbonyl (C=O) groups excluding carboxylic acids is 1. The van der Waals surface area contributed by atoms with Gasteiger partial charge in [0.15, 0.2) is 0 Å². The van der Waals surface area contributed by atoms with E-state index in [9.17, 15) is 4.79 Å². The van der Waals surface area contributed by atoms with E-state index in [-0.39, 0.29) is 5.91 Å². The molecule has 1 aromatic heterocycles. The number of rotatable bonds is 5. The lowest BCUT2D eigenvalue weighted by Gasteiger charge is -2.06. The first kappa shape index (κ1) is 18.0. The Morgan fingerprint density at radius 1 is 1.15 bits per heavy atom. The molecule has 4 nitrogen and oxygen atoms in total. The molecule has 0 unspecified atom stereocenters. The van der Waals surface area contributed by atoms with Crippen LogP contribution in [-0.2, 0) is 11.3 Å². The van der Waals surface area contributed by atoms with Crippen molar-refractivity contribution in [1.82, 2.24) is 9.78 Å². The van der Waals surface area contributed by atoms with Crippen LogP contribution >= 0.6 is 11.6 Å². The smallest absolute Gasteiger partial charge is 0.248 e. The van der Waals surface area contributed by atoms with Gasteiger partial charge in [0.2, 0.25) is 5.91 Å². The van der Waals surface area contributed by atoms with Gasteiger partial charge in [0.05, 0.1) is 23.6 Å². The van der Waals surface area contributed by atoms with Gasteiger partial charge < -0.3 is 5.32 Å². The quantitative estimate of drug-likeness (QED) is 0.657. The van der Waals surface area contributed by atoms with Crippen LogP contribution in [0.5, 0.6) is 0 Å². The van der Waals surface area contributed by atoms with Gasteiger partial charge in [-0.25, -0.2) is 0 Å². The number of hydrogen-bond acceptors (Lipinski definition) is 2. The van der Waals surface area contributed by atoms with E-state index in [2.05, 4.69) is 10.4 Å². The zero-order valence-electron chi connectivity index (χ0n) is 14.7. The first-order valence-corrected chi connectivity index (χ1v) is 8.73. The fourth-order valence-corrected chi connectivity index (χ4v) is 2.95. The van der Waals surface area contributed by atoms with Crippen LogP contribution in [0.3, 0.4) is 0 Å². The number of carbonyl (C=O) groups is 1. The second-order valence-corrected chi connectivity index (χ2v) is 6.50. The maximum absolute atomic E-state index is 12.3. The molecule has 0 saturated heterocycles. The number of halogens is 1. The molecule has 132 valence electrons. The molecule has 0 aliphatic rings. The van der Waals surface area contributed by atoms with Crippen LogP contribution in [0.1, 0.15) is 22.5 Å². The predicted molar refractivity (Wildman–Crippen MR) is 106 cm³/mol. The average molecular weight is 366 g/mol. The number of nitrogens with zero attached hydrogens (tertiary/aromatic N) is 2. The summed E-state index contributed by atoms with van der Waals surface area (Å²) in [6.07, 6.45) is 3.32. The van der Waals surface area contributed by atoms with Gasteiger partial charge in [0.25, 0.3) is 0 Å². The highest BCUT2D eigenvalue weighted by Crippen LogP contribution is 2.21. The molecule has 3 rings (SSSR count). The van der Waals surface area contributed by atoms with Crippen LogP contribution in [0, 0.1) is 13.8 Å². The Kier molecular flexibility index (Phi) is 5.54. The van der Waals surface area contributed by atoms with Crippen LogP contribution in [0.2, 0.25) is 5.02 Å². The van der Waals surface area contributed by atoms with Crippen LogP contribution in [0.4, 0.5) is 5.69 Å². The Balaban J connectivity index is 1.73. The minimum absolute atomic E-state index is 0.178. The molecule has 5 heteroatoms. The predicted octanol–water partition coefficient (Wildman–Crippen LogP) is 4.85. The Labute approximate surface area is 158 Å². The molecule has 0 aliphatic carbocycles. The van der Waals surface area contributed by atoms with Gasteiger partial charge in [-0.3, -0.25) is 9.48 Å². The second-order valence-electron chi connectivity index (χ2n) is 6.07. The van der Waals surface area contributed by atoms with Gasteiger partial charge in [-0.1, -0.05) is 54.1 Å². The molecule has 26 heavy (non-hydrogen) atoms. The van der Waals surface area contributed by atoms with Crippen molar-refractivity contribution in [2.24, 2.45) is 0 Å². The van der Waals surface area contributed by atoms with E-state index < -0.39 is 0 Å². The molecule has 1 heterocycles. The molecule has 0 spiro atoms. The average Bonchev–Trinajstić information content (AvgIpc) is 2.88. The minimum atomic E-state index is -0.178. The normalized spacial score (nSPS) is 11.0. The van der Waals surface area contributed by atoms with E-state index in [1.54, 1.807) is 6.08 Å². The monoisotopic (exact) mass is 365 g/mol. The number of amides is 1. The maximum Gasteiger partial charge on any atom is 0.248 e. The standard InChI is InChI=1S/C21H20ClN3O/c1-15-21(23-20(26)12-11-17-7-4-3-5-8-17)16(2)25(24-15)14-18-9-6-10-19(22)13-18/h3-13H,14H2,1-2H3,(H,23,26). The molecule has 0 radical (unpaired) electrons. The minimum Gasteiger partial charge on any atom is -0.319 e. The molecule has 2 aromatic carbocycles. The highest BCUT2D eigenvalue weighted by Gasteiger charge is 2.13. The molecular formula is C21H20ClN3O. The lowest BCUT2D eigenvalue weighted by molar-refractivity contribution is -0.111. The number of aromatic nitrogens is 2. The Morgan fingerprint density at radius 3 is 2.65 bits per heavy atom. The second kappa shape index (κ2) is 8.02. The van der Waals surface area contributed by atoms with Gasteiger partial charge in [-0.05, 0) is 43.2 Å². The molecule has 0 bridgehead atoms. The lowest BCUT2D eigenvalue weighted by atomic mass is 10.2. The lowest BCUT2D eigenvalue weighted by Crippen LogP contribution is -2.10. The van der Waals surface area contributed by atoms with Crippen molar-refractivity contribution in [3.63, 3.8) is 0 Å². The molecule has 3 aromatic rings. The van der Waals surface area contributed by atoms with E-state index in [1.165, 1.54) is 6.08 Å². The van der Waals surface area contributed by atoms with E-state index in [0.29, 0.717) is 11.6 Å². The summed E-state index contributed by atoms with van der Waals surface area (Å²) in [6.45, 7) is 4.43. The van der Waals surface area contributed by atoms with Gasteiger partial charge in [0.1, 0.15) is 0 Å². The number of anilines is 1. The number of nitrogens with one attached hydrogen (secondary N) is 1. The number of benzene rings is 2. The Bertz CT molecular complexity index is 945. The molecule has 0 saturated carbocycles. The summed E-state index contributed by atoms with van der Waals surface area (Å²) < 4.78 is 1.87. The van der Waals surface area contributed by atoms with Crippen molar-refractivity contribution in [3.8, 4) is 0 Å². The Hall–Kier alpha value is -2.85. The number of hydrogen-bond donors (Lipinski definition) is 1. The Morgan fingerprint density at radius 2 is 1.92 bits per heavy atom. The third-order valence-corrected chi connectivity index (χ3v) is 4.31. The molecule has 0 aliphatic heterocycles. The third-order valence-electron chi connectivity index (χ3n) is 4.08. The van der Waals surface area contributed by atoms with E-state index in [4.69, 9.17) is 11.6 Å². The third kappa shape index (κ3) is 4.41. The van der Waals surface area contributed by atoms with Crippen molar-refractivity contribution in [2.75, 3.05) is 5.32 Å². The fourth-order valence-electron chi connectivity index (χ4n) is 2.74. The van der Waals surface area contributed by atoms with Crippen molar-refractivity contribution in [2.45, 2.75) is 20.4 Å². The van der Waals surface area contributed by atoms with Crippen LogP contribution in [0.15, 0.2) is 60.7 Å². The van der Waals surface area contributed by atoms with Crippen molar-refractivity contribution >= 4 is 29.3 Å². The number of aryl methyl sites for hydroxylation is 1. The zero-order valence-corrected chi connectivity index (χ0v) is 15.5. The van der Waals surface area contributed by atoms with Gasteiger partial charge in [-0.2, -0.15) is 5.10 Å². The van der Waals surface area contributed by atoms with Crippen LogP contribution in [0.25, 0.3) is 6.08 Å². The summed E-state index contributed by atoms with van der Waals surface area (Å²) in [6, 6.07) is 17.4. The van der Waals surface area contributed by atoms with Crippen molar-refractivity contribution < 1.29 is 4.79 Å². The van der Waals surface area contributed by atoms with Crippen LogP contribution in [-0.4, -0.2) is 15.7 Å². The largest absolute Gasteiger partial charge is 0.319 e. The summed E-state index contributed by atoms with van der Waals surface area (Å²) in [4.78, 5) is 12.3. The van der Waals surface area contributed by atoms with E-state index in [0.717, 1.165) is 28.2 Å². The molecular weight excluding hydrogens is 346 g/mol. The van der Waals surface area contributed by atoms with Gasteiger partial charge in [0, 0.05) is 11.1 Å². The molecule has 1 amide bonds. The first-order chi connectivity index (χ1) is 12.5. The zero-order chi connectivity index (χ0) is 18.5. The van der Waals surface area contributed by atoms with E-state index >= 15 is 0 Å². The summed E-state index contributed by atoms with van der Waals surface area (Å²) in [5, 5.41) is 8.17. The van der Waals surface area contributed by atoms with Crippen LogP contribution < -0.4 is 5.32 Å². The highest BCUT2D eigenvalue weighted by molar-refractivity contribution is 6.30. The summed E-state index contributed by atoms with van der Waals surface area (Å²) >= 11 is 6.05. The first-order valence-electron chi connectivity index (χ1n) is 8.35. The molecule has 0 fully saturated rings. The fraction of sp³-hybridized carbons (Fsp3) is 0.143. The van der Waals surface area contributed by atoms with Gasteiger partial charge in [-0.15, -0.1) is 0 Å². The van der Waals surface area contributed by atoms with Gasteiger partial charge >= 0.3 is 0 Å². The van der Waals surface area contributed by atoms with Crippen molar-refractivity contribution in [1.29, 1.82) is 0 Å². The topological polar surface area (TPSA) is 46.9 Å². The summed E-state index contributed by atoms with van der Waals surface area (Å²) in [5.41, 5.74) is 4.47. The van der Waals surface area contributed by atoms with E-state index in [1.807, 2.05) is 73.1 Å². The molecule has 1 N–H and O–H groups in total.